The number of halogens is 3. The van der Waals surface area contributed by atoms with E-state index < -0.39 is 17.0 Å². The van der Waals surface area contributed by atoms with Gasteiger partial charge in [-0.1, -0.05) is 0 Å². The number of aromatic nitrogens is 6. The van der Waals surface area contributed by atoms with Gasteiger partial charge in [0.25, 0.3) is 0 Å². The van der Waals surface area contributed by atoms with Gasteiger partial charge >= 0.3 is 211 Å². The van der Waals surface area contributed by atoms with Crippen LogP contribution in [0.1, 0.15) is 42.4 Å². The van der Waals surface area contributed by atoms with Gasteiger partial charge in [-0.05, 0) is 0 Å². The molecule has 1 aromatic carbocycles. The van der Waals surface area contributed by atoms with Crippen molar-refractivity contribution in [3.63, 3.8) is 0 Å². The number of fused-ring (bicyclic) bond motifs is 5. The molecule has 2 atom stereocenters. The van der Waals surface area contributed by atoms with Crippen molar-refractivity contribution in [2.24, 2.45) is 5.41 Å². The zero-order valence-electron chi connectivity index (χ0n) is 19.1. The summed E-state index contributed by atoms with van der Waals surface area (Å²) < 4.78 is 32.8. The first-order chi connectivity index (χ1) is 16.9. The van der Waals surface area contributed by atoms with Gasteiger partial charge in [0.2, 0.25) is 0 Å². The van der Waals surface area contributed by atoms with E-state index in [-0.39, 0.29) is 50.4 Å². The number of rotatable bonds is 4. The number of imidazole rings is 1. The van der Waals surface area contributed by atoms with E-state index in [4.69, 9.17) is 4.98 Å². The molecule has 0 spiro atoms. The van der Waals surface area contributed by atoms with E-state index >= 15 is 0 Å². The Kier molecular flexibility index (Phi) is 5.22. The van der Waals surface area contributed by atoms with E-state index in [1.54, 1.807) is 23.3 Å². The van der Waals surface area contributed by atoms with Crippen LogP contribution in [-0.2, 0) is 12.0 Å². The first-order valence-corrected chi connectivity index (χ1v) is 14.3. The average molecular weight is 587 g/mol. The molecule has 0 unspecified atom stereocenters. The third-order valence-electron chi connectivity index (χ3n) is 7.46. The maximum absolute atomic E-state index is 14.5. The number of aliphatic hydroxyl groups is 1. The zero-order valence-corrected chi connectivity index (χ0v) is 21.2. The Balaban J connectivity index is 1.53. The van der Waals surface area contributed by atoms with E-state index in [0.717, 1.165) is 25.8 Å². The SMILES string of the molecule is CC1(C)[C@H]2C[I-]C[C@]1(c1ccnc(-n3cnc(CO)c3)n1)c1nnc(-c3c(F)cccc3F)cc12. The zero-order chi connectivity index (χ0) is 24.4. The molecule has 2 bridgehead atoms. The van der Waals surface area contributed by atoms with Gasteiger partial charge in [0.1, 0.15) is 0 Å². The molecular weight excluding hydrogens is 565 g/mol. The molecule has 1 aliphatic carbocycles. The van der Waals surface area contributed by atoms with Crippen molar-refractivity contribution in [1.29, 1.82) is 0 Å². The molecule has 4 heterocycles. The van der Waals surface area contributed by atoms with Crippen molar-refractivity contribution in [3.05, 3.63) is 83.3 Å². The summed E-state index contributed by atoms with van der Waals surface area (Å²) in [5.41, 5.74) is 2.60. The predicted octanol–water partition coefficient (Wildman–Crippen LogP) is 0.402. The topological polar surface area (TPSA) is 89.6 Å². The van der Waals surface area contributed by atoms with Crippen LogP contribution in [0, 0.1) is 17.0 Å². The first kappa shape index (κ1) is 22.6. The average Bonchev–Trinajstić information content (AvgIpc) is 3.33. The normalized spacial score (nSPS) is 22.5. The van der Waals surface area contributed by atoms with Gasteiger partial charge in [-0.2, -0.15) is 0 Å². The molecule has 10 heteroatoms. The molecule has 3 aromatic heterocycles. The summed E-state index contributed by atoms with van der Waals surface area (Å²) in [6, 6.07) is 7.59. The molecule has 1 N–H and O–H groups in total. The Morgan fingerprint density at radius 1 is 1.14 bits per heavy atom. The summed E-state index contributed by atoms with van der Waals surface area (Å²) in [7, 11) is 0. The molecule has 35 heavy (non-hydrogen) atoms. The number of benzene rings is 1. The molecule has 2 aliphatic rings. The third kappa shape index (κ3) is 3.18. The summed E-state index contributed by atoms with van der Waals surface area (Å²) in [5.74, 6) is -0.642. The van der Waals surface area contributed by atoms with E-state index in [1.807, 2.05) is 12.1 Å². The second-order valence-electron chi connectivity index (χ2n) is 9.46. The van der Waals surface area contributed by atoms with Gasteiger partial charge in [0, 0.05) is 0 Å². The molecule has 0 saturated carbocycles. The van der Waals surface area contributed by atoms with E-state index in [2.05, 4.69) is 34.0 Å². The van der Waals surface area contributed by atoms with Crippen molar-refractivity contribution in [1.82, 2.24) is 29.7 Å². The van der Waals surface area contributed by atoms with Gasteiger partial charge in [-0.15, -0.1) is 0 Å². The summed E-state index contributed by atoms with van der Waals surface area (Å²) in [6.07, 6.45) is 5.02. The van der Waals surface area contributed by atoms with Crippen LogP contribution in [0.25, 0.3) is 17.2 Å². The Hall–Kier alpha value is -2.86. The Morgan fingerprint density at radius 3 is 2.69 bits per heavy atom. The van der Waals surface area contributed by atoms with Crippen molar-refractivity contribution in [3.8, 4) is 17.2 Å². The summed E-state index contributed by atoms with van der Waals surface area (Å²) >= 11 is -0.157. The molecule has 0 amide bonds. The standard InChI is InChI=1S/C25H22F2IN6O/c1-24(2)16-9-28-12-25(24,20-6-7-29-23(31-20)34-10-14(11-35)30-13-34)22-15(16)8-19(32-33-22)21-17(26)4-3-5-18(21)27/h3-8,10,13,16,35H,9,11-12H2,1-2H3/q-1/t16-,25-/m0/s1. The minimum atomic E-state index is -0.648. The fraction of sp³-hybridized carbons (Fsp3) is 0.320. The molecule has 180 valence electrons. The molecule has 1 fully saturated rings. The van der Waals surface area contributed by atoms with Crippen LogP contribution in [0.15, 0.2) is 49.1 Å². The van der Waals surface area contributed by atoms with Crippen LogP contribution in [0.2, 0.25) is 0 Å². The van der Waals surface area contributed by atoms with Crippen LogP contribution < -0.4 is 21.2 Å². The molecule has 7 nitrogen and oxygen atoms in total. The fourth-order valence-corrected chi connectivity index (χ4v) is 10.5. The molecule has 6 rings (SSSR count). The summed E-state index contributed by atoms with van der Waals surface area (Å²) in [4.78, 5) is 13.5. The Bertz CT molecular complexity index is 1440. The van der Waals surface area contributed by atoms with Crippen LogP contribution in [0.3, 0.4) is 0 Å². The van der Waals surface area contributed by atoms with Crippen LogP contribution in [0.4, 0.5) is 8.78 Å². The summed E-state index contributed by atoms with van der Waals surface area (Å²) in [5, 5.41) is 18.4. The monoisotopic (exact) mass is 587 g/mol. The van der Waals surface area contributed by atoms with Crippen molar-refractivity contribution >= 4 is 0 Å². The Labute approximate surface area is 211 Å². The van der Waals surface area contributed by atoms with Gasteiger partial charge in [-0.3, -0.25) is 0 Å². The van der Waals surface area contributed by atoms with E-state index in [1.165, 1.54) is 18.2 Å². The molecule has 1 aliphatic heterocycles. The molecular formula is C25H22F2IN6O-. The second-order valence-corrected chi connectivity index (χ2v) is 12.2. The Morgan fingerprint density at radius 2 is 1.94 bits per heavy atom. The predicted molar refractivity (Wildman–Crippen MR) is 119 cm³/mol. The second kappa shape index (κ2) is 8.09. The molecule has 1 saturated heterocycles. The number of aliphatic hydroxyl groups excluding tert-OH is 1. The molecule has 4 aromatic rings. The summed E-state index contributed by atoms with van der Waals surface area (Å²) in [6.45, 7) is 4.30. The first-order valence-electron chi connectivity index (χ1n) is 11.2. The van der Waals surface area contributed by atoms with Crippen LogP contribution >= 0.6 is 0 Å². The van der Waals surface area contributed by atoms with E-state index in [0.29, 0.717) is 11.6 Å². The number of nitrogens with zero attached hydrogens (tertiary/aromatic N) is 6. The van der Waals surface area contributed by atoms with Crippen molar-refractivity contribution in [2.45, 2.75) is 31.8 Å². The number of hydrogen-bond acceptors (Lipinski definition) is 6. The van der Waals surface area contributed by atoms with E-state index in [9.17, 15) is 13.9 Å². The van der Waals surface area contributed by atoms with Crippen LogP contribution in [-0.4, -0.2) is 43.7 Å². The van der Waals surface area contributed by atoms with Gasteiger partial charge in [-0.25, -0.2) is 0 Å². The molecule has 0 radical (unpaired) electrons. The third-order valence-corrected chi connectivity index (χ3v) is 10.6. The van der Waals surface area contributed by atoms with Crippen LogP contribution in [0.5, 0.6) is 0 Å². The number of alkyl halides is 2. The van der Waals surface area contributed by atoms with Gasteiger partial charge in [0.15, 0.2) is 0 Å². The fourth-order valence-electron chi connectivity index (χ4n) is 5.46. The number of hydrogen-bond donors (Lipinski definition) is 1. The van der Waals surface area contributed by atoms with Gasteiger partial charge < -0.3 is 0 Å². The minimum absolute atomic E-state index is 0.144. The van der Waals surface area contributed by atoms with Gasteiger partial charge in [0.05, 0.1) is 0 Å². The maximum atomic E-state index is 14.5. The van der Waals surface area contributed by atoms with Crippen molar-refractivity contribution < 1.29 is 35.1 Å². The van der Waals surface area contributed by atoms with Crippen molar-refractivity contribution in [2.75, 3.05) is 8.86 Å². The quantitative estimate of drug-likeness (QED) is 0.275.